The molecule has 1 aromatic carbocycles. The van der Waals surface area contributed by atoms with Crippen LogP contribution in [0.15, 0.2) is 53.7 Å². The first kappa shape index (κ1) is 20.1. The van der Waals surface area contributed by atoms with Crippen molar-refractivity contribution < 1.29 is 9.18 Å². The Morgan fingerprint density at radius 3 is 2.89 bits per heavy atom. The molecule has 0 bridgehead atoms. The molecule has 0 aliphatic heterocycles. The first-order valence-electron chi connectivity index (χ1n) is 9.21. The Morgan fingerprint density at radius 1 is 1.25 bits per heavy atom. The highest BCUT2D eigenvalue weighted by Gasteiger charge is 2.13. The van der Waals surface area contributed by atoms with Crippen molar-refractivity contribution in [2.45, 2.75) is 24.8 Å². The number of hydrogen-bond donors (Lipinski definition) is 1. The third-order valence-electron chi connectivity index (χ3n) is 4.31. The van der Waals surface area contributed by atoms with E-state index in [9.17, 15) is 9.18 Å². The molecule has 0 spiro atoms. The number of amides is 1. The van der Waals surface area contributed by atoms with Crippen molar-refractivity contribution in [1.82, 2.24) is 20.1 Å². The molecule has 3 rings (SSSR count). The van der Waals surface area contributed by atoms with Crippen LogP contribution in [0, 0.1) is 5.82 Å². The van der Waals surface area contributed by atoms with Gasteiger partial charge in [-0.05, 0) is 48.9 Å². The zero-order chi connectivity index (χ0) is 19.9. The number of carbonyl (C=O) groups excluding carboxylic acids is 1. The summed E-state index contributed by atoms with van der Waals surface area (Å²) < 4.78 is 13.4. The molecule has 2 heterocycles. The Bertz CT molecular complexity index is 943. The number of pyridine rings is 1. The van der Waals surface area contributed by atoms with Gasteiger partial charge in [0.1, 0.15) is 5.82 Å². The number of carbonyl (C=O) groups is 1. The van der Waals surface area contributed by atoms with Gasteiger partial charge in [0.2, 0.25) is 0 Å². The number of aromatic nitrogens is 3. The molecule has 3 aromatic rings. The molecule has 0 radical (unpaired) electrons. The van der Waals surface area contributed by atoms with Gasteiger partial charge in [-0.3, -0.25) is 9.89 Å². The van der Waals surface area contributed by atoms with Crippen molar-refractivity contribution in [2.75, 3.05) is 19.3 Å². The summed E-state index contributed by atoms with van der Waals surface area (Å²) in [5, 5.41) is 8.11. The van der Waals surface area contributed by atoms with Gasteiger partial charge in [-0.25, -0.2) is 9.37 Å². The number of benzene rings is 1. The molecule has 5 nitrogen and oxygen atoms in total. The minimum Gasteiger partial charge on any atom is -0.342 e. The fourth-order valence-electron chi connectivity index (χ4n) is 2.88. The lowest BCUT2D eigenvalue weighted by Gasteiger charge is -2.17. The van der Waals surface area contributed by atoms with Crippen molar-refractivity contribution in [2.24, 2.45) is 0 Å². The number of halogens is 1. The van der Waals surface area contributed by atoms with Gasteiger partial charge in [0, 0.05) is 36.6 Å². The van der Waals surface area contributed by atoms with Gasteiger partial charge < -0.3 is 4.90 Å². The number of aromatic amines is 1. The zero-order valence-electron chi connectivity index (χ0n) is 16.0. The van der Waals surface area contributed by atoms with E-state index in [-0.39, 0.29) is 11.7 Å². The molecule has 7 heteroatoms. The smallest absolute Gasteiger partial charge is 0.253 e. The summed E-state index contributed by atoms with van der Waals surface area (Å²) >= 11 is 1.62. The topological polar surface area (TPSA) is 61.9 Å². The average Bonchev–Trinajstić information content (AvgIpc) is 3.17. The summed E-state index contributed by atoms with van der Waals surface area (Å²) in [5.74, 6) is 0.631. The maximum absolute atomic E-state index is 13.4. The van der Waals surface area contributed by atoms with Crippen molar-refractivity contribution >= 4 is 17.7 Å². The van der Waals surface area contributed by atoms with Gasteiger partial charge in [-0.15, -0.1) is 11.8 Å². The van der Waals surface area contributed by atoms with Gasteiger partial charge in [0.15, 0.2) is 0 Å². The lowest BCUT2D eigenvalue weighted by Crippen LogP contribution is -2.28. The van der Waals surface area contributed by atoms with Crippen molar-refractivity contribution in [3.05, 3.63) is 65.7 Å². The van der Waals surface area contributed by atoms with Crippen molar-refractivity contribution in [1.29, 1.82) is 0 Å². The van der Waals surface area contributed by atoms with E-state index < -0.39 is 0 Å². The molecule has 0 saturated heterocycles. The second-order valence-corrected chi connectivity index (χ2v) is 7.72. The van der Waals surface area contributed by atoms with Gasteiger partial charge in [0.05, 0.1) is 10.7 Å². The van der Waals surface area contributed by atoms with Crippen LogP contribution in [0.4, 0.5) is 4.39 Å². The molecule has 1 amide bonds. The Morgan fingerprint density at radius 2 is 2.11 bits per heavy atom. The lowest BCUT2D eigenvalue weighted by molar-refractivity contribution is 0.0793. The zero-order valence-corrected chi connectivity index (χ0v) is 16.8. The molecule has 2 aromatic heterocycles. The molecular formula is C21H23FN4OS. The number of aryl methyl sites for hydroxylation is 1. The summed E-state index contributed by atoms with van der Waals surface area (Å²) in [6.07, 6.45) is 3.24. The minimum atomic E-state index is -0.279. The molecule has 0 aliphatic carbocycles. The van der Waals surface area contributed by atoms with E-state index in [2.05, 4.69) is 22.1 Å². The highest BCUT2D eigenvalue weighted by atomic mass is 32.2. The summed E-state index contributed by atoms with van der Waals surface area (Å²) in [5.41, 5.74) is 3.08. The summed E-state index contributed by atoms with van der Waals surface area (Å²) in [4.78, 5) is 18.6. The lowest BCUT2D eigenvalue weighted by atomic mass is 10.1. The monoisotopic (exact) mass is 398 g/mol. The second-order valence-electron chi connectivity index (χ2n) is 6.43. The van der Waals surface area contributed by atoms with Crippen LogP contribution in [-0.4, -0.2) is 45.3 Å². The molecule has 28 heavy (non-hydrogen) atoms. The van der Waals surface area contributed by atoms with Gasteiger partial charge in [-0.2, -0.15) is 5.10 Å². The third kappa shape index (κ3) is 5.19. The molecule has 146 valence electrons. The van der Waals surface area contributed by atoms with Crippen LogP contribution >= 0.6 is 11.8 Å². The van der Waals surface area contributed by atoms with E-state index in [1.165, 1.54) is 12.1 Å². The largest absolute Gasteiger partial charge is 0.342 e. The number of nitrogens with one attached hydrogen (secondary N) is 1. The normalized spacial score (nSPS) is 10.8. The molecule has 0 aliphatic rings. The summed E-state index contributed by atoms with van der Waals surface area (Å²) in [7, 11) is 1.81. The van der Waals surface area contributed by atoms with Gasteiger partial charge in [0.25, 0.3) is 5.91 Å². The van der Waals surface area contributed by atoms with E-state index >= 15 is 0 Å². The SMILES string of the molecule is CCSc1cc(C(=O)N(C)CCCc2cc(-c3cccc(F)c3)n[nH]2)ccn1. The maximum Gasteiger partial charge on any atom is 0.253 e. The predicted octanol–water partition coefficient (Wildman–Crippen LogP) is 4.43. The minimum absolute atomic E-state index is 0.00888. The van der Waals surface area contributed by atoms with Crippen LogP contribution in [0.5, 0.6) is 0 Å². The van der Waals surface area contributed by atoms with Gasteiger partial charge in [-0.1, -0.05) is 19.1 Å². The molecular weight excluding hydrogens is 375 g/mol. The van der Waals surface area contributed by atoms with Crippen LogP contribution < -0.4 is 0 Å². The average molecular weight is 399 g/mol. The van der Waals surface area contributed by atoms with Crippen LogP contribution in [0.2, 0.25) is 0 Å². The summed E-state index contributed by atoms with van der Waals surface area (Å²) in [6.45, 7) is 2.69. The van der Waals surface area contributed by atoms with E-state index in [4.69, 9.17) is 0 Å². The van der Waals surface area contributed by atoms with E-state index in [1.807, 2.05) is 18.2 Å². The first-order chi connectivity index (χ1) is 13.6. The van der Waals surface area contributed by atoms with E-state index in [0.717, 1.165) is 40.6 Å². The number of H-pyrrole nitrogens is 1. The quantitative estimate of drug-likeness (QED) is 0.570. The Hall–Kier alpha value is -2.67. The number of rotatable bonds is 8. The molecule has 0 fully saturated rings. The first-order valence-corrected chi connectivity index (χ1v) is 10.2. The molecule has 0 atom stereocenters. The van der Waals surface area contributed by atoms with E-state index in [0.29, 0.717) is 12.1 Å². The van der Waals surface area contributed by atoms with Crippen LogP contribution in [-0.2, 0) is 6.42 Å². The Balaban J connectivity index is 1.53. The number of nitrogens with zero attached hydrogens (tertiary/aromatic N) is 3. The van der Waals surface area contributed by atoms with Crippen LogP contribution in [0.1, 0.15) is 29.4 Å². The van der Waals surface area contributed by atoms with Crippen LogP contribution in [0.3, 0.4) is 0 Å². The highest BCUT2D eigenvalue weighted by molar-refractivity contribution is 7.99. The van der Waals surface area contributed by atoms with Crippen LogP contribution in [0.25, 0.3) is 11.3 Å². The van der Waals surface area contributed by atoms with Gasteiger partial charge >= 0.3 is 0 Å². The second kappa shape index (κ2) is 9.50. The van der Waals surface area contributed by atoms with Crippen molar-refractivity contribution in [3.8, 4) is 11.3 Å². The predicted molar refractivity (Wildman–Crippen MR) is 110 cm³/mol. The highest BCUT2D eigenvalue weighted by Crippen LogP contribution is 2.19. The molecule has 0 unspecified atom stereocenters. The van der Waals surface area contributed by atoms with E-state index in [1.54, 1.807) is 42.0 Å². The number of thioether (sulfide) groups is 1. The fourth-order valence-corrected chi connectivity index (χ4v) is 3.52. The fraction of sp³-hybridized carbons (Fsp3) is 0.286. The Labute approximate surface area is 168 Å². The standard InChI is InChI=1S/C21H23FN4OS/c1-3-28-20-13-16(9-10-23-20)21(27)26(2)11-5-8-18-14-19(25-24-18)15-6-4-7-17(22)12-15/h4,6-7,9-10,12-14H,3,5,8,11H2,1-2H3,(H,24,25). The Kier molecular flexibility index (Phi) is 6.81. The molecule has 1 N–H and O–H groups in total. The summed E-state index contributed by atoms with van der Waals surface area (Å²) in [6, 6.07) is 11.9. The molecule has 0 saturated carbocycles. The van der Waals surface area contributed by atoms with Crippen molar-refractivity contribution in [3.63, 3.8) is 0 Å². The number of hydrogen-bond acceptors (Lipinski definition) is 4. The third-order valence-corrected chi connectivity index (χ3v) is 5.12. The maximum atomic E-state index is 13.4.